The van der Waals surface area contributed by atoms with Crippen molar-refractivity contribution in [1.29, 1.82) is 0 Å². The average Bonchev–Trinajstić information content (AvgIpc) is 2.83. The second-order valence-corrected chi connectivity index (χ2v) is 9.23. The zero-order chi connectivity index (χ0) is 23.4. The largest absolute Gasteiger partial charge is 0.488 e. The first-order valence-electron chi connectivity index (χ1n) is 10.9. The van der Waals surface area contributed by atoms with Crippen LogP contribution in [0.15, 0.2) is 52.5 Å². The van der Waals surface area contributed by atoms with Gasteiger partial charge >= 0.3 is 0 Å². The number of hydrogen-bond acceptors (Lipinski definition) is 6. The van der Waals surface area contributed by atoms with Gasteiger partial charge in [0.05, 0.1) is 11.6 Å². The molecule has 1 aliphatic rings. The Bertz CT molecular complexity index is 1160. The minimum atomic E-state index is -0.294. The highest BCUT2D eigenvalue weighted by Crippen LogP contribution is 2.27. The summed E-state index contributed by atoms with van der Waals surface area (Å²) in [5, 5.41) is 0.358. The van der Waals surface area contributed by atoms with Gasteiger partial charge in [-0.15, -0.1) is 11.8 Å². The first-order chi connectivity index (χ1) is 16.0. The Morgan fingerprint density at radius 2 is 1.91 bits per heavy atom. The van der Waals surface area contributed by atoms with E-state index in [0.717, 1.165) is 43.9 Å². The number of aromatic nitrogens is 3. The summed E-state index contributed by atoms with van der Waals surface area (Å²) in [4.78, 5) is 24.3. The van der Waals surface area contributed by atoms with E-state index in [2.05, 4.69) is 21.8 Å². The highest BCUT2D eigenvalue weighted by Gasteiger charge is 2.23. The van der Waals surface area contributed by atoms with Crippen molar-refractivity contribution < 1.29 is 9.13 Å². The first-order valence-corrected chi connectivity index (χ1v) is 12.5. The molecule has 1 saturated heterocycles. The van der Waals surface area contributed by atoms with Gasteiger partial charge in [-0.2, -0.15) is 0 Å². The third-order valence-electron chi connectivity index (χ3n) is 5.73. The molecule has 0 spiro atoms. The highest BCUT2D eigenvalue weighted by molar-refractivity contribution is 7.98. The highest BCUT2D eigenvalue weighted by atomic mass is 35.5. The molecule has 2 aromatic heterocycles. The van der Waals surface area contributed by atoms with Crippen LogP contribution < -0.4 is 15.2 Å². The molecular formula is C24H26ClFN4O2S. The van der Waals surface area contributed by atoms with Crippen LogP contribution in [0.4, 0.5) is 10.3 Å². The lowest BCUT2D eigenvalue weighted by Gasteiger charge is -2.32. The Kier molecular flexibility index (Phi) is 7.55. The number of ether oxygens (including phenoxy) is 1. The van der Waals surface area contributed by atoms with Gasteiger partial charge in [-0.25, -0.2) is 14.4 Å². The number of thioether (sulfide) groups is 1. The van der Waals surface area contributed by atoms with Crippen LogP contribution in [0.2, 0.25) is 5.02 Å². The Morgan fingerprint density at radius 3 is 2.55 bits per heavy atom. The van der Waals surface area contributed by atoms with E-state index in [-0.39, 0.29) is 24.0 Å². The van der Waals surface area contributed by atoms with Crippen LogP contribution in [0.3, 0.4) is 0 Å². The fraction of sp³-hybridized carbons (Fsp3) is 0.375. The molecule has 9 heteroatoms. The minimum Gasteiger partial charge on any atom is -0.488 e. The summed E-state index contributed by atoms with van der Waals surface area (Å²) in [7, 11) is 0. The molecule has 33 heavy (non-hydrogen) atoms. The molecule has 3 heterocycles. The average molecular weight is 489 g/mol. The van der Waals surface area contributed by atoms with Crippen LogP contribution in [-0.2, 0) is 13.0 Å². The van der Waals surface area contributed by atoms with Crippen LogP contribution in [0.1, 0.15) is 30.9 Å². The maximum atomic E-state index is 14.1. The Labute approximate surface area is 201 Å². The lowest BCUT2D eigenvalue weighted by molar-refractivity contribution is 0.170. The van der Waals surface area contributed by atoms with E-state index >= 15 is 0 Å². The van der Waals surface area contributed by atoms with Crippen molar-refractivity contribution in [1.82, 2.24) is 14.5 Å². The fourth-order valence-corrected chi connectivity index (χ4v) is 4.47. The van der Waals surface area contributed by atoms with Gasteiger partial charge in [-0.1, -0.05) is 24.6 Å². The Morgan fingerprint density at radius 1 is 1.18 bits per heavy atom. The number of anilines is 1. The molecule has 0 bridgehead atoms. The van der Waals surface area contributed by atoms with E-state index in [9.17, 15) is 9.18 Å². The predicted octanol–water partition coefficient (Wildman–Crippen LogP) is 4.81. The molecule has 6 nitrogen and oxygen atoms in total. The van der Waals surface area contributed by atoms with Crippen LogP contribution >= 0.6 is 23.4 Å². The van der Waals surface area contributed by atoms with Crippen molar-refractivity contribution in [3.8, 4) is 5.75 Å². The lowest BCUT2D eigenvalue weighted by Crippen LogP contribution is -2.39. The van der Waals surface area contributed by atoms with E-state index in [1.165, 1.54) is 28.5 Å². The van der Waals surface area contributed by atoms with Gasteiger partial charge in [0.1, 0.15) is 17.7 Å². The van der Waals surface area contributed by atoms with Crippen molar-refractivity contribution in [3.05, 3.63) is 75.2 Å². The second-order valence-electron chi connectivity index (χ2n) is 7.97. The van der Waals surface area contributed by atoms with Crippen LogP contribution in [0, 0.1) is 5.82 Å². The van der Waals surface area contributed by atoms with Crippen LogP contribution in [0.5, 0.6) is 5.75 Å². The van der Waals surface area contributed by atoms with E-state index in [4.69, 9.17) is 16.3 Å². The van der Waals surface area contributed by atoms with Gasteiger partial charge in [0.2, 0.25) is 5.95 Å². The molecule has 3 aromatic rings. The molecule has 4 rings (SSSR count). The maximum absolute atomic E-state index is 14.1. The standard InChI is InChI=1S/C24H26ClFN4O2S/c1-3-16-12-27-24(28-13-16)29-8-6-18(7-9-29)32-21-11-23(31)30(15-19(21)25)14-17-4-5-22(33-2)20(26)10-17/h4-5,10-13,15,18H,3,6-9,14H2,1-2H3. The van der Waals surface area contributed by atoms with Crippen molar-refractivity contribution in [2.75, 3.05) is 24.2 Å². The van der Waals surface area contributed by atoms with Gasteiger partial charge in [0.15, 0.2) is 0 Å². The van der Waals surface area contributed by atoms with Gasteiger partial charge in [0, 0.05) is 55.5 Å². The van der Waals surface area contributed by atoms with Gasteiger partial charge < -0.3 is 14.2 Å². The fourth-order valence-electron chi connectivity index (χ4n) is 3.79. The number of aryl methyl sites for hydroxylation is 1. The monoisotopic (exact) mass is 488 g/mol. The summed E-state index contributed by atoms with van der Waals surface area (Å²) in [6.07, 6.45) is 9.53. The topological polar surface area (TPSA) is 60.3 Å². The summed E-state index contributed by atoms with van der Waals surface area (Å²) < 4.78 is 21.6. The SMILES string of the molecule is CCc1cnc(N2CCC(Oc3cc(=O)n(Cc4ccc(SC)c(F)c4)cc3Cl)CC2)nc1. The summed E-state index contributed by atoms with van der Waals surface area (Å²) >= 11 is 7.77. The number of halogens is 2. The van der Waals surface area contributed by atoms with Crippen molar-refractivity contribution >= 4 is 29.3 Å². The molecule has 0 N–H and O–H groups in total. The smallest absolute Gasteiger partial charge is 0.254 e. The number of benzene rings is 1. The van der Waals surface area contributed by atoms with Gasteiger partial charge in [0.25, 0.3) is 5.56 Å². The predicted molar refractivity (Wildman–Crippen MR) is 130 cm³/mol. The molecule has 0 aliphatic carbocycles. The van der Waals surface area contributed by atoms with Gasteiger partial charge in [-0.3, -0.25) is 4.79 Å². The van der Waals surface area contributed by atoms with Crippen molar-refractivity contribution in [2.45, 2.75) is 43.7 Å². The summed E-state index contributed by atoms with van der Waals surface area (Å²) in [5.41, 5.74) is 1.56. The molecule has 1 fully saturated rings. The Hall–Kier alpha value is -2.58. The van der Waals surface area contributed by atoms with Crippen LogP contribution in [0.25, 0.3) is 0 Å². The minimum absolute atomic E-state index is 0.0444. The summed E-state index contributed by atoms with van der Waals surface area (Å²) in [5.74, 6) is 0.814. The number of pyridine rings is 1. The zero-order valence-corrected chi connectivity index (χ0v) is 20.2. The number of nitrogens with zero attached hydrogens (tertiary/aromatic N) is 4. The number of rotatable bonds is 7. The Balaban J connectivity index is 1.38. The second kappa shape index (κ2) is 10.6. The number of piperidine rings is 1. The molecule has 0 saturated carbocycles. The molecule has 1 aliphatic heterocycles. The molecular weight excluding hydrogens is 463 g/mol. The first kappa shape index (κ1) is 23.6. The molecule has 0 unspecified atom stereocenters. The third kappa shape index (κ3) is 5.68. The normalized spacial score (nSPS) is 14.5. The van der Waals surface area contributed by atoms with E-state index in [0.29, 0.717) is 21.2 Å². The molecule has 0 amide bonds. The van der Waals surface area contributed by atoms with Crippen LogP contribution in [-0.4, -0.2) is 40.0 Å². The van der Waals surface area contributed by atoms with E-state index in [1.807, 2.05) is 24.7 Å². The third-order valence-corrected chi connectivity index (χ3v) is 6.78. The zero-order valence-electron chi connectivity index (χ0n) is 18.6. The summed E-state index contributed by atoms with van der Waals surface area (Å²) in [6, 6.07) is 6.39. The van der Waals surface area contributed by atoms with E-state index < -0.39 is 0 Å². The number of hydrogen-bond donors (Lipinski definition) is 0. The molecule has 174 valence electrons. The molecule has 1 aromatic carbocycles. The van der Waals surface area contributed by atoms with E-state index in [1.54, 1.807) is 12.3 Å². The lowest BCUT2D eigenvalue weighted by atomic mass is 10.1. The maximum Gasteiger partial charge on any atom is 0.254 e. The molecule has 0 atom stereocenters. The van der Waals surface area contributed by atoms with Crippen molar-refractivity contribution in [3.63, 3.8) is 0 Å². The van der Waals surface area contributed by atoms with Gasteiger partial charge in [-0.05, 0) is 35.9 Å². The summed E-state index contributed by atoms with van der Waals surface area (Å²) in [6.45, 7) is 3.85. The van der Waals surface area contributed by atoms with Crippen molar-refractivity contribution in [2.24, 2.45) is 0 Å². The quantitative estimate of drug-likeness (QED) is 0.445. The molecule has 0 radical (unpaired) electrons.